The maximum absolute atomic E-state index is 11.0. The van der Waals surface area contributed by atoms with Gasteiger partial charge in [0.25, 0.3) is 0 Å². The summed E-state index contributed by atoms with van der Waals surface area (Å²) in [7, 11) is 0. The Morgan fingerprint density at radius 1 is 1.56 bits per heavy atom. The van der Waals surface area contributed by atoms with Crippen molar-refractivity contribution in [1.29, 1.82) is 0 Å². The second-order valence-electron chi connectivity index (χ2n) is 5.58. The van der Waals surface area contributed by atoms with Gasteiger partial charge in [-0.2, -0.15) is 0 Å². The van der Waals surface area contributed by atoms with Gasteiger partial charge < -0.3 is 15.6 Å². The van der Waals surface area contributed by atoms with E-state index in [-0.39, 0.29) is 6.10 Å². The molecule has 0 saturated heterocycles. The lowest BCUT2D eigenvalue weighted by atomic mass is 9.99. The number of ether oxygens (including phenoxy) is 1. The second kappa shape index (κ2) is 7.10. The number of carboxylic acid groups (broad SMARTS) is 1. The zero-order chi connectivity index (χ0) is 13.6. The molecule has 1 aliphatic rings. The highest BCUT2D eigenvalue weighted by Gasteiger charge is 2.42. The number of carbonyl (C=O) groups is 1. The van der Waals surface area contributed by atoms with Crippen LogP contribution in [0.5, 0.6) is 0 Å². The quantitative estimate of drug-likeness (QED) is 0.701. The molecule has 0 radical (unpaired) electrons. The molecule has 0 spiro atoms. The molecule has 4 heteroatoms. The summed E-state index contributed by atoms with van der Waals surface area (Å²) < 4.78 is 5.86. The number of rotatable bonds is 8. The molecule has 0 heterocycles. The Morgan fingerprint density at radius 2 is 2.28 bits per heavy atom. The summed E-state index contributed by atoms with van der Waals surface area (Å²) in [5.41, 5.74) is 4.77. The largest absolute Gasteiger partial charge is 0.480 e. The lowest BCUT2D eigenvalue weighted by molar-refractivity contribution is -0.143. The highest BCUT2D eigenvalue weighted by molar-refractivity contribution is 5.78. The molecule has 3 N–H and O–H groups in total. The molecule has 0 aliphatic heterocycles. The molecule has 1 aliphatic carbocycles. The molecule has 3 unspecified atom stereocenters. The third-order valence-corrected chi connectivity index (χ3v) is 4.04. The fourth-order valence-electron chi connectivity index (χ4n) is 2.54. The van der Waals surface area contributed by atoms with Crippen molar-refractivity contribution in [1.82, 2.24) is 0 Å². The highest BCUT2D eigenvalue weighted by Crippen LogP contribution is 2.30. The van der Waals surface area contributed by atoms with Crippen molar-refractivity contribution in [2.75, 3.05) is 6.61 Å². The molecule has 1 rings (SSSR count). The van der Waals surface area contributed by atoms with Gasteiger partial charge in [-0.05, 0) is 25.2 Å². The topological polar surface area (TPSA) is 72.5 Å². The first-order valence-electron chi connectivity index (χ1n) is 7.15. The minimum Gasteiger partial charge on any atom is -0.480 e. The van der Waals surface area contributed by atoms with Crippen LogP contribution in [-0.2, 0) is 9.53 Å². The van der Waals surface area contributed by atoms with Gasteiger partial charge in [-0.3, -0.25) is 4.79 Å². The molecule has 1 fully saturated rings. The number of aliphatic carboxylic acids is 1. The van der Waals surface area contributed by atoms with Crippen LogP contribution in [0.2, 0.25) is 0 Å². The van der Waals surface area contributed by atoms with Crippen molar-refractivity contribution in [2.24, 2.45) is 11.7 Å². The minimum absolute atomic E-state index is 0.0294. The van der Waals surface area contributed by atoms with Gasteiger partial charge in [0, 0.05) is 13.0 Å². The summed E-state index contributed by atoms with van der Waals surface area (Å²) in [6, 6.07) is 0. The molecule has 1 saturated carbocycles. The van der Waals surface area contributed by atoms with E-state index in [2.05, 4.69) is 13.8 Å². The first-order valence-corrected chi connectivity index (χ1v) is 7.15. The van der Waals surface area contributed by atoms with Crippen LogP contribution in [0.3, 0.4) is 0 Å². The van der Waals surface area contributed by atoms with Crippen LogP contribution in [0, 0.1) is 5.92 Å². The molecule has 4 nitrogen and oxygen atoms in total. The van der Waals surface area contributed by atoms with Gasteiger partial charge in [-0.15, -0.1) is 0 Å². The Balaban J connectivity index is 2.30. The lowest BCUT2D eigenvalue weighted by Crippen LogP contribution is -2.45. The molecule has 3 atom stereocenters. The maximum Gasteiger partial charge on any atom is 0.323 e. The molecule has 0 aromatic carbocycles. The summed E-state index contributed by atoms with van der Waals surface area (Å²) in [6.45, 7) is 5.12. The van der Waals surface area contributed by atoms with Crippen LogP contribution in [0.15, 0.2) is 0 Å². The van der Waals surface area contributed by atoms with Gasteiger partial charge in [-0.1, -0.05) is 33.1 Å². The molecule has 0 aromatic heterocycles. The lowest BCUT2D eigenvalue weighted by Gasteiger charge is -2.20. The summed E-state index contributed by atoms with van der Waals surface area (Å²) in [5, 5.41) is 9.05. The molecule has 0 bridgehead atoms. The van der Waals surface area contributed by atoms with Gasteiger partial charge in [0.15, 0.2) is 0 Å². The average molecular weight is 257 g/mol. The van der Waals surface area contributed by atoms with Crippen molar-refractivity contribution >= 4 is 5.97 Å². The number of carboxylic acids is 1. The van der Waals surface area contributed by atoms with Gasteiger partial charge in [0.1, 0.15) is 5.54 Å². The number of hydrogen-bond donors (Lipinski definition) is 2. The first kappa shape index (κ1) is 15.4. The van der Waals surface area contributed by atoms with E-state index in [1.807, 2.05) is 0 Å². The molecular weight excluding hydrogens is 230 g/mol. The van der Waals surface area contributed by atoms with Gasteiger partial charge in [0.05, 0.1) is 6.10 Å². The Bertz CT molecular complexity index is 270. The van der Waals surface area contributed by atoms with Crippen molar-refractivity contribution in [2.45, 2.75) is 70.4 Å². The first-order chi connectivity index (χ1) is 8.51. The van der Waals surface area contributed by atoms with Crippen LogP contribution in [0.25, 0.3) is 0 Å². The average Bonchev–Trinajstić information content (AvgIpc) is 2.73. The van der Waals surface area contributed by atoms with Crippen molar-refractivity contribution in [3.05, 3.63) is 0 Å². The molecule has 0 amide bonds. The van der Waals surface area contributed by atoms with Crippen LogP contribution < -0.4 is 5.73 Å². The summed E-state index contributed by atoms with van der Waals surface area (Å²) in [5.74, 6) is -0.297. The van der Waals surface area contributed by atoms with E-state index in [1.165, 1.54) is 19.3 Å². The predicted octanol–water partition coefficient (Wildman–Crippen LogP) is 2.55. The number of hydrogen-bond acceptors (Lipinski definition) is 3. The SMILES string of the molecule is CCCCC(CC)COC1CCC(N)(C(=O)O)C1. The van der Waals surface area contributed by atoms with E-state index in [0.29, 0.717) is 18.8 Å². The number of unbranched alkanes of at least 4 members (excludes halogenated alkanes) is 1. The minimum atomic E-state index is -1.06. The summed E-state index contributed by atoms with van der Waals surface area (Å²) >= 11 is 0. The van der Waals surface area contributed by atoms with Gasteiger partial charge in [0.2, 0.25) is 0 Å². The van der Waals surface area contributed by atoms with Crippen molar-refractivity contribution < 1.29 is 14.6 Å². The van der Waals surface area contributed by atoms with Crippen molar-refractivity contribution in [3.63, 3.8) is 0 Å². The van der Waals surface area contributed by atoms with E-state index in [9.17, 15) is 4.79 Å². The van der Waals surface area contributed by atoms with Crippen molar-refractivity contribution in [3.8, 4) is 0 Å². The van der Waals surface area contributed by atoms with E-state index < -0.39 is 11.5 Å². The maximum atomic E-state index is 11.0. The normalized spacial score (nSPS) is 29.4. The highest BCUT2D eigenvalue weighted by atomic mass is 16.5. The number of nitrogens with two attached hydrogens (primary N) is 1. The van der Waals surface area contributed by atoms with Crippen LogP contribution in [0.4, 0.5) is 0 Å². The standard InChI is InChI=1S/C14H27NO3/c1-3-5-6-11(4-2)10-18-12-7-8-14(15,9-12)13(16)17/h11-12H,3-10,15H2,1-2H3,(H,16,17). The fraction of sp³-hybridized carbons (Fsp3) is 0.929. The zero-order valence-corrected chi connectivity index (χ0v) is 11.7. The molecule has 106 valence electrons. The third-order valence-electron chi connectivity index (χ3n) is 4.04. The smallest absolute Gasteiger partial charge is 0.323 e. The molecular formula is C14H27NO3. The second-order valence-corrected chi connectivity index (χ2v) is 5.58. The van der Waals surface area contributed by atoms with Gasteiger partial charge >= 0.3 is 5.97 Å². The Morgan fingerprint density at radius 3 is 2.78 bits per heavy atom. The van der Waals surface area contributed by atoms with Crippen LogP contribution in [-0.4, -0.2) is 29.3 Å². The van der Waals surface area contributed by atoms with Crippen LogP contribution >= 0.6 is 0 Å². The predicted molar refractivity (Wildman–Crippen MR) is 71.5 cm³/mol. The van der Waals surface area contributed by atoms with Gasteiger partial charge in [-0.25, -0.2) is 0 Å². The summed E-state index contributed by atoms with van der Waals surface area (Å²) in [4.78, 5) is 11.0. The zero-order valence-electron chi connectivity index (χ0n) is 11.7. The van der Waals surface area contributed by atoms with Crippen LogP contribution in [0.1, 0.15) is 58.8 Å². The van der Waals surface area contributed by atoms with E-state index >= 15 is 0 Å². The van der Waals surface area contributed by atoms with E-state index in [4.69, 9.17) is 15.6 Å². The Hall–Kier alpha value is -0.610. The Labute approximate surface area is 110 Å². The van der Waals surface area contributed by atoms with E-state index in [1.54, 1.807) is 0 Å². The Kier molecular flexibility index (Phi) is 6.09. The summed E-state index contributed by atoms with van der Waals surface area (Å²) in [6.07, 6.45) is 6.55. The monoisotopic (exact) mass is 257 g/mol. The fourth-order valence-corrected chi connectivity index (χ4v) is 2.54. The molecule has 18 heavy (non-hydrogen) atoms. The van der Waals surface area contributed by atoms with E-state index in [0.717, 1.165) is 19.4 Å². The molecule has 0 aromatic rings. The third kappa shape index (κ3) is 4.25.